The number of carbonyl (C=O) groups excluding carboxylic acids is 2. The number of aromatic nitrogens is 2. The second-order valence-electron chi connectivity index (χ2n) is 6.03. The molecule has 28 heavy (non-hydrogen) atoms. The Morgan fingerprint density at radius 2 is 1.93 bits per heavy atom. The van der Waals surface area contributed by atoms with Gasteiger partial charge < -0.3 is 15.8 Å². The zero-order valence-corrected chi connectivity index (χ0v) is 15.0. The maximum Gasteiger partial charge on any atom is 0.257 e. The Balaban J connectivity index is 1.71. The van der Waals surface area contributed by atoms with E-state index >= 15 is 0 Å². The van der Waals surface area contributed by atoms with Gasteiger partial charge in [0.15, 0.2) is 0 Å². The summed E-state index contributed by atoms with van der Waals surface area (Å²) in [7, 11) is 0. The highest BCUT2D eigenvalue weighted by Gasteiger charge is 2.09. The first-order valence-electron chi connectivity index (χ1n) is 8.32. The third kappa shape index (κ3) is 4.67. The molecule has 2 heterocycles. The molecule has 0 spiro atoms. The van der Waals surface area contributed by atoms with Crippen LogP contribution < -0.4 is 15.8 Å². The zero-order chi connectivity index (χ0) is 20.1. The van der Waals surface area contributed by atoms with Crippen molar-refractivity contribution in [1.82, 2.24) is 9.97 Å². The summed E-state index contributed by atoms with van der Waals surface area (Å²) in [4.78, 5) is 30.9. The Hall–Kier alpha value is -3.81. The second kappa shape index (κ2) is 8.26. The molecule has 0 unspecified atom stereocenters. The minimum Gasteiger partial charge on any atom is -0.487 e. The number of rotatable bonds is 6. The molecule has 2 aromatic heterocycles. The smallest absolute Gasteiger partial charge is 0.257 e. The lowest BCUT2D eigenvalue weighted by Gasteiger charge is -2.12. The highest BCUT2D eigenvalue weighted by molar-refractivity contribution is 6.04. The maximum atomic E-state index is 12.9. The average Bonchev–Trinajstić information content (AvgIpc) is 2.69. The van der Waals surface area contributed by atoms with Crippen molar-refractivity contribution in [3.8, 4) is 5.75 Å². The summed E-state index contributed by atoms with van der Waals surface area (Å²) >= 11 is 0. The SMILES string of the molecule is Cc1ccc(NC(=O)c2ccc(F)nc2)cc1COc1cncc(C(N)=O)c1. The molecule has 2 amide bonds. The van der Waals surface area contributed by atoms with Crippen LogP contribution >= 0.6 is 0 Å². The molecule has 7 nitrogen and oxygen atoms in total. The van der Waals surface area contributed by atoms with Gasteiger partial charge in [0.2, 0.25) is 11.9 Å². The fourth-order valence-corrected chi connectivity index (χ4v) is 2.41. The Morgan fingerprint density at radius 3 is 2.64 bits per heavy atom. The minimum absolute atomic E-state index is 0.206. The van der Waals surface area contributed by atoms with Gasteiger partial charge in [-0.3, -0.25) is 14.6 Å². The van der Waals surface area contributed by atoms with Gasteiger partial charge in [-0.2, -0.15) is 4.39 Å². The van der Waals surface area contributed by atoms with E-state index in [1.165, 1.54) is 30.7 Å². The van der Waals surface area contributed by atoms with E-state index < -0.39 is 17.8 Å². The van der Waals surface area contributed by atoms with Gasteiger partial charge in [-0.1, -0.05) is 6.07 Å². The third-order valence-corrected chi connectivity index (χ3v) is 3.99. The van der Waals surface area contributed by atoms with Crippen molar-refractivity contribution in [1.29, 1.82) is 0 Å². The van der Waals surface area contributed by atoms with Crippen LogP contribution in [0.15, 0.2) is 55.0 Å². The molecule has 1 aromatic carbocycles. The number of hydrogen-bond acceptors (Lipinski definition) is 5. The molecule has 0 bridgehead atoms. The number of carbonyl (C=O) groups is 2. The number of pyridine rings is 2. The topological polar surface area (TPSA) is 107 Å². The molecule has 8 heteroatoms. The van der Waals surface area contributed by atoms with Gasteiger partial charge in [0.05, 0.1) is 17.3 Å². The number of aryl methyl sites for hydroxylation is 1. The number of halogens is 1. The molecular weight excluding hydrogens is 363 g/mol. The van der Waals surface area contributed by atoms with E-state index in [4.69, 9.17) is 10.5 Å². The van der Waals surface area contributed by atoms with Crippen molar-refractivity contribution in [3.63, 3.8) is 0 Å². The van der Waals surface area contributed by atoms with Crippen LogP contribution in [0.25, 0.3) is 0 Å². The predicted octanol–water partition coefficient (Wildman–Crippen LogP) is 2.85. The molecule has 0 atom stereocenters. The predicted molar refractivity (Wildman–Crippen MR) is 100 cm³/mol. The van der Waals surface area contributed by atoms with Crippen LogP contribution in [0.3, 0.4) is 0 Å². The molecule has 0 aliphatic carbocycles. The van der Waals surface area contributed by atoms with Crippen LogP contribution in [0.4, 0.5) is 10.1 Å². The number of nitrogens with one attached hydrogen (secondary N) is 1. The second-order valence-corrected chi connectivity index (χ2v) is 6.03. The van der Waals surface area contributed by atoms with E-state index in [-0.39, 0.29) is 17.7 Å². The molecule has 0 saturated heterocycles. The number of primary amides is 1. The largest absolute Gasteiger partial charge is 0.487 e. The average molecular weight is 380 g/mol. The summed E-state index contributed by atoms with van der Waals surface area (Å²) in [5.74, 6) is -1.24. The highest BCUT2D eigenvalue weighted by atomic mass is 19.1. The van der Waals surface area contributed by atoms with Gasteiger partial charge in [-0.15, -0.1) is 0 Å². The fourth-order valence-electron chi connectivity index (χ4n) is 2.41. The Morgan fingerprint density at radius 1 is 1.11 bits per heavy atom. The molecule has 0 fully saturated rings. The molecule has 0 saturated carbocycles. The molecule has 3 aromatic rings. The standard InChI is InChI=1S/C20H17FN4O3/c1-12-2-4-16(25-20(27)13-3-5-18(21)24-9-13)6-15(12)11-28-17-7-14(19(22)26)8-23-10-17/h2-10H,11H2,1H3,(H2,22,26)(H,25,27). The molecular formula is C20H17FN4O3. The van der Waals surface area contributed by atoms with Crippen molar-refractivity contribution < 1.29 is 18.7 Å². The van der Waals surface area contributed by atoms with Crippen molar-refractivity contribution in [2.75, 3.05) is 5.32 Å². The van der Waals surface area contributed by atoms with Gasteiger partial charge in [0.25, 0.3) is 5.91 Å². The van der Waals surface area contributed by atoms with Crippen LogP contribution in [0.1, 0.15) is 31.8 Å². The monoisotopic (exact) mass is 380 g/mol. The van der Waals surface area contributed by atoms with Crippen LogP contribution in [0.2, 0.25) is 0 Å². The normalized spacial score (nSPS) is 10.4. The first-order valence-corrected chi connectivity index (χ1v) is 8.32. The summed E-state index contributed by atoms with van der Waals surface area (Å²) in [5.41, 5.74) is 8.08. The summed E-state index contributed by atoms with van der Waals surface area (Å²) < 4.78 is 18.6. The van der Waals surface area contributed by atoms with Crippen molar-refractivity contribution in [3.05, 3.63) is 83.2 Å². The van der Waals surface area contributed by atoms with Crippen LogP contribution in [-0.2, 0) is 6.61 Å². The lowest BCUT2D eigenvalue weighted by atomic mass is 10.1. The Kier molecular flexibility index (Phi) is 5.59. The molecule has 3 N–H and O–H groups in total. The van der Waals surface area contributed by atoms with Gasteiger partial charge in [-0.05, 0) is 48.4 Å². The number of benzene rings is 1. The van der Waals surface area contributed by atoms with Crippen LogP contribution in [0.5, 0.6) is 5.75 Å². The number of anilines is 1. The van der Waals surface area contributed by atoms with E-state index in [2.05, 4.69) is 15.3 Å². The van der Waals surface area contributed by atoms with E-state index in [1.54, 1.807) is 12.1 Å². The summed E-state index contributed by atoms with van der Waals surface area (Å²) in [6, 6.07) is 9.36. The number of hydrogen-bond donors (Lipinski definition) is 2. The lowest BCUT2D eigenvalue weighted by molar-refractivity contribution is 0.0996. The first-order chi connectivity index (χ1) is 13.4. The van der Waals surface area contributed by atoms with Crippen molar-refractivity contribution >= 4 is 17.5 Å². The van der Waals surface area contributed by atoms with E-state index in [0.29, 0.717) is 11.4 Å². The van der Waals surface area contributed by atoms with Gasteiger partial charge in [0.1, 0.15) is 12.4 Å². The summed E-state index contributed by atoms with van der Waals surface area (Å²) in [5, 5.41) is 2.74. The minimum atomic E-state index is -0.652. The third-order valence-electron chi connectivity index (χ3n) is 3.99. The van der Waals surface area contributed by atoms with Gasteiger partial charge in [0, 0.05) is 18.1 Å². The molecule has 0 radical (unpaired) electrons. The number of nitrogens with two attached hydrogens (primary N) is 1. The van der Waals surface area contributed by atoms with Gasteiger partial charge >= 0.3 is 0 Å². The Labute approximate surface area is 160 Å². The van der Waals surface area contributed by atoms with E-state index in [1.807, 2.05) is 13.0 Å². The molecule has 142 valence electrons. The molecule has 0 aliphatic rings. The maximum absolute atomic E-state index is 12.9. The van der Waals surface area contributed by atoms with E-state index in [9.17, 15) is 14.0 Å². The summed E-state index contributed by atoms with van der Waals surface area (Å²) in [6.45, 7) is 2.11. The molecule has 0 aliphatic heterocycles. The van der Waals surface area contributed by atoms with Crippen molar-refractivity contribution in [2.45, 2.75) is 13.5 Å². The highest BCUT2D eigenvalue weighted by Crippen LogP contribution is 2.19. The number of amides is 2. The number of ether oxygens (including phenoxy) is 1. The van der Waals surface area contributed by atoms with E-state index in [0.717, 1.165) is 17.2 Å². The Bertz CT molecular complexity index is 1020. The summed E-state index contributed by atoms with van der Waals surface area (Å²) in [6.07, 6.45) is 4.01. The van der Waals surface area contributed by atoms with Crippen LogP contribution in [-0.4, -0.2) is 21.8 Å². The van der Waals surface area contributed by atoms with Crippen molar-refractivity contribution in [2.24, 2.45) is 5.73 Å². The fraction of sp³-hybridized carbons (Fsp3) is 0.100. The lowest BCUT2D eigenvalue weighted by Crippen LogP contribution is -2.13. The zero-order valence-electron chi connectivity index (χ0n) is 15.0. The quantitative estimate of drug-likeness (QED) is 0.640. The first kappa shape index (κ1) is 19.0. The van der Waals surface area contributed by atoms with Crippen LogP contribution in [0, 0.1) is 12.9 Å². The van der Waals surface area contributed by atoms with Gasteiger partial charge in [-0.25, -0.2) is 4.98 Å². The number of nitrogens with zero attached hydrogens (tertiary/aromatic N) is 2. The molecule has 3 rings (SSSR count).